The molecule has 1 heterocycles. The fourth-order valence-electron chi connectivity index (χ4n) is 2.39. The van der Waals surface area contributed by atoms with Crippen LogP contribution in [-0.2, 0) is 4.79 Å². The lowest BCUT2D eigenvalue weighted by Gasteiger charge is -2.33. The molecule has 2 rings (SSSR count). The quantitative estimate of drug-likeness (QED) is 0.642. The Morgan fingerprint density at radius 1 is 1.57 bits per heavy atom. The summed E-state index contributed by atoms with van der Waals surface area (Å²) in [7, 11) is 0. The van der Waals surface area contributed by atoms with Crippen molar-refractivity contribution in [3.63, 3.8) is 0 Å². The molecule has 2 N–H and O–H groups in total. The highest BCUT2D eigenvalue weighted by molar-refractivity contribution is 5.93. The number of carbonyl (C=O) groups excluding carboxylic acids is 1. The summed E-state index contributed by atoms with van der Waals surface area (Å²) in [6.07, 6.45) is 0. The Labute approximate surface area is 123 Å². The second-order valence-corrected chi connectivity index (χ2v) is 5.33. The fraction of sp³-hybridized carbons (Fsp3) is 0.500. The average Bonchev–Trinajstić information content (AvgIpc) is 2.43. The van der Waals surface area contributed by atoms with Gasteiger partial charge >= 0.3 is 0 Å². The summed E-state index contributed by atoms with van der Waals surface area (Å²) in [6, 6.07) is 4.76. The molecule has 114 valence electrons. The number of nitro groups is 1. The third-order valence-electron chi connectivity index (χ3n) is 3.68. The van der Waals surface area contributed by atoms with E-state index in [-0.39, 0.29) is 11.6 Å². The highest BCUT2D eigenvalue weighted by atomic mass is 16.6. The van der Waals surface area contributed by atoms with Gasteiger partial charge in [-0.2, -0.15) is 0 Å². The Morgan fingerprint density at radius 2 is 2.33 bits per heavy atom. The Hall–Kier alpha value is -1.99. The third kappa shape index (κ3) is 3.99. The minimum Gasteiger partial charge on any atom is -0.325 e. The molecule has 0 unspecified atom stereocenters. The molecule has 1 atom stereocenters. The number of hydrogen-bond donors (Lipinski definition) is 2. The van der Waals surface area contributed by atoms with Crippen LogP contribution in [-0.4, -0.2) is 48.0 Å². The van der Waals surface area contributed by atoms with Crippen molar-refractivity contribution in [1.82, 2.24) is 10.2 Å². The van der Waals surface area contributed by atoms with E-state index in [9.17, 15) is 14.9 Å². The zero-order valence-electron chi connectivity index (χ0n) is 12.3. The second kappa shape index (κ2) is 6.64. The number of anilines is 1. The van der Waals surface area contributed by atoms with Crippen LogP contribution in [0.5, 0.6) is 0 Å². The smallest absolute Gasteiger partial charge is 0.269 e. The van der Waals surface area contributed by atoms with E-state index in [0.29, 0.717) is 23.8 Å². The molecular weight excluding hydrogens is 272 g/mol. The van der Waals surface area contributed by atoms with Crippen molar-refractivity contribution in [3.8, 4) is 0 Å². The van der Waals surface area contributed by atoms with E-state index >= 15 is 0 Å². The Morgan fingerprint density at radius 3 is 2.95 bits per heavy atom. The largest absolute Gasteiger partial charge is 0.325 e. The van der Waals surface area contributed by atoms with Crippen molar-refractivity contribution in [3.05, 3.63) is 33.9 Å². The van der Waals surface area contributed by atoms with Gasteiger partial charge in [-0.15, -0.1) is 0 Å². The number of carbonyl (C=O) groups is 1. The molecule has 1 fully saturated rings. The van der Waals surface area contributed by atoms with Gasteiger partial charge in [0, 0.05) is 43.5 Å². The van der Waals surface area contributed by atoms with Crippen molar-refractivity contribution in [2.45, 2.75) is 19.9 Å². The van der Waals surface area contributed by atoms with E-state index in [1.807, 2.05) is 0 Å². The summed E-state index contributed by atoms with van der Waals surface area (Å²) in [5.74, 6) is -0.0966. The predicted molar refractivity (Wildman–Crippen MR) is 80.4 cm³/mol. The Balaban J connectivity index is 1.97. The first-order chi connectivity index (χ1) is 9.97. The molecule has 1 aromatic rings. The second-order valence-electron chi connectivity index (χ2n) is 5.33. The van der Waals surface area contributed by atoms with E-state index in [2.05, 4.69) is 22.5 Å². The van der Waals surface area contributed by atoms with Gasteiger partial charge < -0.3 is 10.6 Å². The topological polar surface area (TPSA) is 87.5 Å². The average molecular weight is 292 g/mol. The van der Waals surface area contributed by atoms with Crippen LogP contribution in [0.4, 0.5) is 11.4 Å². The zero-order valence-corrected chi connectivity index (χ0v) is 12.3. The van der Waals surface area contributed by atoms with Crippen LogP contribution in [0, 0.1) is 17.0 Å². The number of piperazine rings is 1. The van der Waals surface area contributed by atoms with Crippen LogP contribution in [0.15, 0.2) is 18.2 Å². The molecule has 0 spiro atoms. The van der Waals surface area contributed by atoms with Crippen LogP contribution < -0.4 is 10.6 Å². The minimum absolute atomic E-state index is 0.0289. The maximum atomic E-state index is 12.1. The van der Waals surface area contributed by atoms with Gasteiger partial charge in [0.05, 0.1) is 11.5 Å². The number of rotatable bonds is 4. The van der Waals surface area contributed by atoms with Crippen LogP contribution in [0.1, 0.15) is 12.5 Å². The van der Waals surface area contributed by atoms with E-state index in [0.717, 1.165) is 19.6 Å². The van der Waals surface area contributed by atoms with E-state index in [1.165, 1.54) is 12.1 Å². The van der Waals surface area contributed by atoms with Gasteiger partial charge in [-0.1, -0.05) is 0 Å². The molecule has 1 amide bonds. The van der Waals surface area contributed by atoms with E-state index in [1.54, 1.807) is 13.0 Å². The van der Waals surface area contributed by atoms with Gasteiger partial charge in [-0.05, 0) is 25.5 Å². The summed E-state index contributed by atoms with van der Waals surface area (Å²) in [4.78, 5) is 24.5. The number of nitrogens with zero attached hydrogens (tertiary/aromatic N) is 2. The number of amides is 1. The molecule has 0 radical (unpaired) electrons. The highest BCUT2D eigenvalue weighted by Crippen LogP contribution is 2.21. The molecule has 1 saturated heterocycles. The fourth-order valence-corrected chi connectivity index (χ4v) is 2.39. The molecule has 21 heavy (non-hydrogen) atoms. The zero-order chi connectivity index (χ0) is 15.4. The number of hydrogen-bond acceptors (Lipinski definition) is 5. The molecule has 1 aliphatic rings. The van der Waals surface area contributed by atoms with Crippen LogP contribution in [0.3, 0.4) is 0 Å². The molecule has 7 heteroatoms. The first-order valence-corrected chi connectivity index (χ1v) is 6.97. The predicted octanol–water partition coefficient (Wildman–Crippen LogP) is 1.14. The van der Waals surface area contributed by atoms with Gasteiger partial charge in [-0.3, -0.25) is 19.8 Å². The third-order valence-corrected chi connectivity index (χ3v) is 3.68. The van der Waals surface area contributed by atoms with E-state index in [4.69, 9.17) is 0 Å². The monoisotopic (exact) mass is 292 g/mol. The number of aryl methyl sites for hydroxylation is 1. The lowest BCUT2D eigenvalue weighted by molar-refractivity contribution is -0.384. The standard InChI is InChI=1S/C14H20N4O3/c1-10-7-12(18(20)21)3-4-13(10)16-14(19)9-17-6-5-15-8-11(17)2/h3-4,7,11,15H,5-6,8-9H2,1-2H3,(H,16,19)/t11-/m1/s1. The van der Waals surface area contributed by atoms with Crippen molar-refractivity contribution in [2.24, 2.45) is 0 Å². The lowest BCUT2D eigenvalue weighted by atomic mass is 10.1. The molecule has 1 aromatic carbocycles. The summed E-state index contributed by atoms with van der Waals surface area (Å²) >= 11 is 0. The molecule has 1 aliphatic heterocycles. The molecule has 0 aliphatic carbocycles. The molecular formula is C14H20N4O3. The maximum absolute atomic E-state index is 12.1. The maximum Gasteiger partial charge on any atom is 0.269 e. The summed E-state index contributed by atoms with van der Waals surface area (Å²) in [5.41, 5.74) is 1.33. The number of nitro benzene ring substituents is 1. The molecule has 0 bridgehead atoms. The van der Waals surface area contributed by atoms with Gasteiger partial charge in [0.1, 0.15) is 0 Å². The van der Waals surface area contributed by atoms with Crippen LogP contribution in [0.25, 0.3) is 0 Å². The minimum atomic E-state index is -0.443. The van der Waals surface area contributed by atoms with Gasteiger partial charge in [0.2, 0.25) is 5.91 Å². The van der Waals surface area contributed by atoms with Gasteiger partial charge in [0.25, 0.3) is 5.69 Å². The number of nitrogens with one attached hydrogen (secondary N) is 2. The van der Waals surface area contributed by atoms with E-state index < -0.39 is 4.92 Å². The Kier molecular flexibility index (Phi) is 4.87. The number of benzene rings is 1. The Bertz CT molecular complexity index is 547. The summed E-state index contributed by atoms with van der Waals surface area (Å²) < 4.78 is 0. The summed E-state index contributed by atoms with van der Waals surface area (Å²) in [5, 5.41) is 16.8. The first kappa shape index (κ1) is 15.4. The van der Waals surface area contributed by atoms with Gasteiger partial charge in [-0.25, -0.2) is 0 Å². The van der Waals surface area contributed by atoms with Crippen molar-refractivity contribution in [2.75, 3.05) is 31.5 Å². The normalized spacial score (nSPS) is 19.2. The van der Waals surface area contributed by atoms with Gasteiger partial charge in [0.15, 0.2) is 0 Å². The van der Waals surface area contributed by atoms with Crippen LogP contribution in [0.2, 0.25) is 0 Å². The first-order valence-electron chi connectivity index (χ1n) is 6.97. The lowest BCUT2D eigenvalue weighted by Crippen LogP contribution is -2.52. The summed E-state index contributed by atoms with van der Waals surface area (Å²) in [6.45, 7) is 6.76. The van der Waals surface area contributed by atoms with Crippen LogP contribution >= 0.6 is 0 Å². The number of non-ortho nitro benzene ring substituents is 1. The molecule has 0 aromatic heterocycles. The van der Waals surface area contributed by atoms with Crippen molar-refractivity contribution in [1.29, 1.82) is 0 Å². The molecule has 7 nitrogen and oxygen atoms in total. The van der Waals surface area contributed by atoms with Crippen molar-refractivity contribution < 1.29 is 9.72 Å². The SMILES string of the molecule is Cc1cc([N+](=O)[O-])ccc1NC(=O)CN1CCNC[C@H]1C. The van der Waals surface area contributed by atoms with Crippen molar-refractivity contribution >= 4 is 17.3 Å². The highest BCUT2D eigenvalue weighted by Gasteiger charge is 2.20. The molecule has 0 saturated carbocycles.